The molecule has 0 saturated carbocycles. The molecule has 0 aromatic heterocycles. The van der Waals surface area contributed by atoms with Gasteiger partial charge in [-0.2, -0.15) is 0 Å². The molecule has 0 atom stereocenters. The van der Waals surface area contributed by atoms with Gasteiger partial charge in [-0.15, -0.1) is 0 Å². The van der Waals surface area contributed by atoms with Crippen molar-refractivity contribution < 1.29 is 14.3 Å². The van der Waals surface area contributed by atoms with Gasteiger partial charge in [0, 0.05) is 12.7 Å². The lowest BCUT2D eigenvalue weighted by Gasteiger charge is -2.01. The molecular weight excluding hydrogens is 248 g/mol. The quantitative estimate of drug-likeness (QED) is 0.766. The third-order valence-electron chi connectivity index (χ3n) is 2.11. The van der Waals surface area contributed by atoms with Gasteiger partial charge in [-0.3, -0.25) is 4.79 Å². The highest BCUT2D eigenvalue weighted by atomic mass is 32.2. The number of ether oxygens (including phenoxy) is 1. The van der Waals surface area contributed by atoms with E-state index in [1.807, 2.05) is 24.3 Å². The van der Waals surface area contributed by atoms with E-state index < -0.39 is 0 Å². The van der Waals surface area contributed by atoms with Crippen molar-refractivity contribution in [2.45, 2.75) is 13.8 Å². The van der Waals surface area contributed by atoms with Crippen LogP contribution in [0.4, 0.5) is 0 Å². The average molecular weight is 264 g/mol. The summed E-state index contributed by atoms with van der Waals surface area (Å²) < 4.78 is 4.89. The molecule has 0 heterocycles. The Morgan fingerprint density at radius 1 is 1.28 bits per heavy atom. The van der Waals surface area contributed by atoms with Crippen molar-refractivity contribution in [3.05, 3.63) is 41.5 Å². The maximum Gasteiger partial charge on any atom is 0.338 e. The minimum atomic E-state index is -0.305. The molecule has 1 aromatic rings. The Bertz CT molecular complexity index is 435. The monoisotopic (exact) mass is 264 g/mol. The lowest BCUT2D eigenvalue weighted by molar-refractivity contribution is -0.109. The molecule has 0 saturated heterocycles. The van der Waals surface area contributed by atoms with E-state index in [4.69, 9.17) is 4.74 Å². The normalized spacial score (nSPS) is 10.6. The molecule has 4 heteroatoms. The fourth-order valence-corrected chi connectivity index (χ4v) is 1.72. The van der Waals surface area contributed by atoms with Gasteiger partial charge in [0.2, 0.25) is 0 Å². The van der Waals surface area contributed by atoms with Crippen LogP contribution in [0.15, 0.2) is 30.3 Å². The van der Waals surface area contributed by atoms with E-state index in [1.54, 1.807) is 26.0 Å². The molecule has 0 aliphatic carbocycles. The van der Waals surface area contributed by atoms with Crippen molar-refractivity contribution in [1.29, 1.82) is 0 Å². The van der Waals surface area contributed by atoms with Gasteiger partial charge >= 0.3 is 5.97 Å². The minimum Gasteiger partial charge on any atom is -0.462 e. The molecular formula is C14H16O3S. The molecule has 0 radical (unpaired) electrons. The van der Waals surface area contributed by atoms with Crippen molar-refractivity contribution >= 4 is 28.9 Å². The first kappa shape index (κ1) is 14.5. The topological polar surface area (TPSA) is 43.4 Å². The van der Waals surface area contributed by atoms with Gasteiger partial charge in [0.15, 0.2) is 5.12 Å². The maximum absolute atomic E-state index is 11.4. The SMILES string of the molecule is CCOC(=O)c1ccc(C=CCSC(C)=O)cc1. The van der Waals surface area contributed by atoms with E-state index in [1.165, 1.54) is 11.8 Å². The van der Waals surface area contributed by atoms with Gasteiger partial charge in [0.25, 0.3) is 0 Å². The summed E-state index contributed by atoms with van der Waals surface area (Å²) in [6, 6.07) is 7.16. The molecule has 0 unspecified atom stereocenters. The fourth-order valence-electron chi connectivity index (χ4n) is 1.29. The van der Waals surface area contributed by atoms with Crippen LogP contribution in [0, 0.1) is 0 Å². The lowest BCUT2D eigenvalue weighted by atomic mass is 10.1. The van der Waals surface area contributed by atoms with Crippen LogP contribution in [0.25, 0.3) is 6.08 Å². The van der Waals surface area contributed by atoms with Gasteiger partial charge in [-0.25, -0.2) is 4.79 Å². The fraction of sp³-hybridized carbons (Fsp3) is 0.286. The number of hydrogen-bond donors (Lipinski definition) is 0. The summed E-state index contributed by atoms with van der Waals surface area (Å²) in [5, 5.41) is 0.109. The second-order valence-corrected chi connectivity index (χ2v) is 4.74. The summed E-state index contributed by atoms with van der Waals surface area (Å²) in [4.78, 5) is 22.1. The van der Waals surface area contributed by atoms with Gasteiger partial charge in [-0.1, -0.05) is 36.0 Å². The molecule has 0 spiro atoms. The second-order valence-electron chi connectivity index (χ2n) is 3.55. The number of benzene rings is 1. The molecule has 0 fully saturated rings. The first-order valence-corrected chi connectivity index (χ1v) is 6.69. The van der Waals surface area contributed by atoms with Gasteiger partial charge in [0.05, 0.1) is 12.2 Å². The summed E-state index contributed by atoms with van der Waals surface area (Å²) in [7, 11) is 0. The first-order valence-electron chi connectivity index (χ1n) is 5.70. The number of esters is 1. The summed E-state index contributed by atoms with van der Waals surface area (Å²) in [6.45, 7) is 3.71. The number of hydrogen-bond acceptors (Lipinski definition) is 4. The molecule has 1 rings (SSSR count). The van der Waals surface area contributed by atoms with Crippen LogP contribution < -0.4 is 0 Å². The van der Waals surface area contributed by atoms with Crippen molar-refractivity contribution in [1.82, 2.24) is 0 Å². The number of carbonyl (C=O) groups excluding carboxylic acids is 2. The minimum absolute atomic E-state index is 0.109. The van der Waals surface area contributed by atoms with E-state index in [0.717, 1.165) is 5.56 Å². The largest absolute Gasteiger partial charge is 0.462 e. The van der Waals surface area contributed by atoms with E-state index in [2.05, 4.69) is 0 Å². The predicted octanol–water partition coefficient (Wildman–Crippen LogP) is 3.16. The van der Waals surface area contributed by atoms with E-state index in [0.29, 0.717) is 17.9 Å². The zero-order valence-corrected chi connectivity index (χ0v) is 11.3. The van der Waals surface area contributed by atoms with Crippen molar-refractivity contribution in [3.8, 4) is 0 Å². The molecule has 3 nitrogen and oxygen atoms in total. The Morgan fingerprint density at radius 2 is 1.94 bits per heavy atom. The van der Waals surface area contributed by atoms with Crippen molar-refractivity contribution in [2.75, 3.05) is 12.4 Å². The molecule has 0 amide bonds. The van der Waals surface area contributed by atoms with Crippen LogP contribution in [-0.2, 0) is 9.53 Å². The second kappa shape index (κ2) is 7.71. The standard InChI is InChI=1S/C14H16O3S/c1-3-17-14(16)13-8-6-12(7-9-13)5-4-10-18-11(2)15/h4-9H,3,10H2,1-2H3. The highest BCUT2D eigenvalue weighted by molar-refractivity contribution is 8.13. The molecule has 0 N–H and O–H groups in total. The van der Waals surface area contributed by atoms with Crippen LogP contribution in [0.3, 0.4) is 0 Å². The van der Waals surface area contributed by atoms with Crippen molar-refractivity contribution in [2.24, 2.45) is 0 Å². The Hall–Kier alpha value is -1.55. The van der Waals surface area contributed by atoms with Crippen LogP contribution >= 0.6 is 11.8 Å². The van der Waals surface area contributed by atoms with Gasteiger partial charge in [0.1, 0.15) is 0 Å². The van der Waals surface area contributed by atoms with Crippen molar-refractivity contribution in [3.63, 3.8) is 0 Å². The highest BCUT2D eigenvalue weighted by Gasteiger charge is 2.04. The number of rotatable bonds is 5. The maximum atomic E-state index is 11.4. The Kier molecular flexibility index (Phi) is 6.22. The smallest absolute Gasteiger partial charge is 0.338 e. The summed E-state index contributed by atoms with van der Waals surface area (Å²) in [5.74, 6) is 0.356. The zero-order valence-electron chi connectivity index (χ0n) is 10.5. The Balaban J connectivity index is 2.54. The molecule has 96 valence electrons. The third-order valence-corrected chi connectivity index (χ3v) is 2.88. The summed E-state index contributed by atoms with van der Waals surface area (Å²) in [5.41, 5.74) is 1.54. The molecule has 0 aliphatic rings. The van der Waals surface area contributed by atoms with Crippen LogP contribution in [0.1, 0.15) is 29.8 Å². The Morgan fingerprint density at radius 3 is 2.50 bits per heavy atom. The number of thioether (sulfide) groups is 1. The van der Waals surface area contributed by atoms with Crippen LogP contribution in [0.2, 0.25) is 0 Å². The highest BCUT2D eigenvalue weighted by Crippen LogP contribution is 2.09. The number of carbonyl (C=O) groups is 2. The lowest BCUT2D eigenvalue weighted by Crippen LogP contribution is -2.03. The van der Waals surface area contributed by atoms with E-state index in [-0.39, 0.29) is 11.1 Å². The van der Waals surface area contributed by atoms with Gasteiger partial charge < -0.3 is 4.74 Å². The average Bonchev–Trinajstić information content (AvgIpc) is 2.35. The molecule has 0 aliphatic heterocycles. The molecule has 0 bridgehead atoms. The zero-order chi connectivity index (χ0) is 13.4. The van der Waals surface area contributed by atoms with Crippen LogP contribution in [0.5, 0.6) is 0 Å². The summed E-state index contributed by atoms with van der Waals surface area (Å²) >= 11 is 1.27. The summed E-state index contributed by atoms with van der Waals surface area (Å²) in [6.07, 6.45) is 3.84. The Labute approximate surface area is 111 Å². The predicted molar refractivity (Wildman–Crippen MR) is 74.6 cm³/mol. The third kappa shape index (κ3) is 5.19. The molecule has 18 heavy (non-hydrogen) atoms. The molecule has 1 aromatic carbocycles. The van der Waals surface area contributed by atoms with Crippen LogP contribution in [-0.4, -0.2) is 23.4 Å². The van der Waals surface area contributed by atoms with E-state index in [9.17, 15) is 9.59 Å². The first-order chi connectivity index (χ1) is 8.63. The van der Waals surface area contributed by atoms with Gasteiger partial charge in [-0.05, 0) is 24.6 Å². The van der Waals surface area contributed by atoms with E-state index >= 15 is 0 Å².